The van der Waals surface area contributed by atoms with Crippen LogP contribution < -0.4 is 14.8 Å². The molecule has 2 aromatic rings. The van der Waals surface area contributed by atoms with Crippen molar-refractivity contribution in [2.24, 2.45) is 0 Å². The van der Waals surface area contributed by atoms with E-state index in [2.05, 4.69) is 10.0 Å². The second-order valence-corrected chi connectivity index (χ2v) is 10.6. The number of carbonyl (C=O) groups is 1. The number of nitrogens with zero attached hydrogens (tertiary/aromatic N) is 1. The summed E-state index contributed by atoms with van der Waals surface area (Å²) in [6.45, 7) is -0.506. The fourth-order valence-electron chi connectivity index (χ4n) is 2.64. The lowest BCUT2D eigenvalue weighted by Gasteiger charge is -2.20. The third kappa shape index (κ3) is 4.38. The molecule has 9 nitrogen and oxygen atoms in total. The summed E-state index contributed by atoms with van der Waals surface area (Å²) in [6.07, 6.45) is 0. The number of benzene rings is 2. The zero-order chi connectivity index (χ0) is 21.4. The second-order valence-electron chi connectivity index (χ2n) is 6.34. The van der Waals surface area contributed by atoms with Gasteiger partial charge in [-0.3, -0.25) is 4.79 Å². The van der Waals surface area contributed by atoms with Gasteiger partial charge >= 0.3 is 0 Å². The summed E-state index contributed by atoms with van der Waals surface area (Å²) in [5.41, 5.74) is 0.551. The zero-order valence-corrected chi connectivity index (χ0v) is 17.9. The molecule has 1 aliphatic heterocycles. The average molecular weight is 460 g/mol. The molecule has 2 N–H and O–H groups in total. The Morgan fingerprint density at radius 2 is 1.83 bits per heavy atom. The van der Waals surface area contributed by atoms with E-state index in [0.717, 1.165) is 4.31 Å². The maximum Gasteiger partial charge on any atom is 0.262 e. The Bertz CT molecular complexity index is 1180. The van der Waals surface area contributed by atoms with Crippen LogP contribution in [-0.4, -0.2) is 47.8 Å². The van der Waals surface area contributed by atoms with Gasteiger partial charge in [0.1, 0.15) is 10.6 Å². The van der Waals surface area contributed by atoms with Crippen molar-refractivity contribution in [3.05, 3.63) is 47.0 Å². The molecule has 2 aromatic carbocycles. The molecule has 0 aromatic heterocycles. The van der Waals surface area contributed by atoms with E-state index in [1.807, 2.05) is 0 Å². The van der Waals surface area contributed by atoms with Crippen LogP contribution in [0.3, 0.4) is 0 Å². The summed E-state index contributed by atoms with van der Waals surface area (Å²) in [4.78, 5) is 11.1. The van der Waals surface area contributed by atoms with Gasteiger partial charge in [-0.25, -0.2) is 25.9 Å². The van der Waals surface area contributed by atoms with Crippen molar-refractivity contribution in [1.82, 2.24) is 9.03 Å². The highest BCUT2D eigenvalue weighted by Gasteiger charge is 2.26. The van der Waals surface area contributed by atoms with E-state index < -0.39 is 20.0 Å². The van der Waals surface area contributed by atoms with Gasteiger partial charge in [0.25, 0.3) is 5.91 Å². The smallest absolute Gasteiger partial charge is 0.262 e. The summed E-state index contributed by atoms with van der Waals surface area (Å²) >= 11 is 6.09. The third-order valence-electron chi connectivity index (χ3n) is 4.14. The maximum absolute atomic E-state index is 12.8. The van der Waals surface area contributed by atoms with E-state index in [0.29, 0.717) is 0 Å². The van der Waals surface area contributed by atoms with Gasteiger partial charge in [0.15, 0.2) is 6.61 Å². The molecule has 0 bridgehead atoms. The first-order valence-corrected chi connectivity index (χ1v) is 11.6. The molecule has 0 unspecified atom stereocenters. The molecule has 1 amide bonds. The van der Waals surface area contributed by atoms with Gasteiger partial charge in [0.2, 0.25) is 20.0 Å². The van der Waals surface area contributed by atoms with E-state index in [9.17, 15) is 21.6 Å². The Labute approximate surface area is 173 Å². The van der Waals surface area contributed by atoms with Gasteiger partial charge < -0.3 is 10.1 Å². The van der Waals surface area contributed by atoms with Crippen molar-refractivity contribution in [3.8, 4) is 5.75 Å². The van der Waals surface area contributed by atoms with Gasteiger partial charge in [0.05, 0.1) is 15.6 Å². The Morgan fingerprint density at radius 3 is 2.52 bits per heavy atom. The molecule has 0 aliphatic carbocycles. The molecule has 12 heteroatoms. The lowest BCUT2D eigenvalue weighted by atomic mass is 10.2. The zero-order valence-electron chi connectivity index (χ0n) is 15.5. The summed E-state index contributed by atoms with van der Waals surface area (Å²) in [6, 6.07) is 8.59. The normalized spacial score (nSPS) is 14.3. The topological polar surface area (TPSA) is 122 Å². The molecule has 1 aliphatic rings. The van der Waals surface area contributed by atoms with Crippen molar-refractivity contribution in [2.75, 3.05) is 26.0 Å². The number of halogens is 1. The van der Waals surface area contributed by atoms with Crippen LogP contribution >= 0.6 is 11.6 Å². The van der Waals surface area contributed by atoms with E-state index >= 15 is 0 Å². The number of nitrogens with one attached hydrogen (secondary N) is 2. The van der Waals surface area contributed by atoms with Crippen LogP contribution in [0.2, 0.25) is 5.02 Å². The Morgan fingerprint density at radius 1 is 1.14 bits per heavy atom. The highest BCUT2D eigenvalue weighted by atomic mass is 35.5. The monoisotopic (exact) mass is 459 g/mol. The van der Waals surface area contributed by atoms with Gasteiger partial charge in [-0.15, -0.1) is 0 Å². The summed E-state index contributed by atoms with van der Waals surface area (Å²) < 4.78 is 59.1. The maximum atomic E-state index is 12.8. The van der Waals surface area contributed by atoms with Gasteiger partial charge in [-0.1, -0.05) is 29.8 Å². The molecule has 0 saturated carbocycles. The molecule has 29 heavy (non-hydrogen) atoms. The number of fused-ring (bicyclic) bond motifs is 1. The van der Waals surface area contributed by atoms with Crippen LogP contribution in [0.4, 0.5) is 5.69 Å². The minimum absolute atomic E-state index is 0.00437. The highest BCUT2D eigenvalue weighted by molar-refractivity contribution is 7.89. The molecule has 3 rings (SSSR count). The van der Waals surface area contributed by atoms with E-state index in [4.69, 9.17) is 16.3 Å². The van der Waals surface area contributed by atoms with Crippen LogP contribution in [0, 0.1) is 0 Å². The Hall–Kier alpha value is -2.18. The van der Waals surface area contributed by atoms with E-state index in [1.54, 1.807) is 12.1 Å². The van der Waals surface area contributed by atoms with Crippen molar-refractivity contribution >= 4 is 43.2 Å². The van der Waals surface area contributed by atoms with Crippen molar-refractivity contribution in [3.63, 3.8) is 0 Å². The largest absolute Gasteiger partial charge is 0.482 e. The number of rotatable bonds is 6. The second kappa shape index (κ2) is 7.92. The third-order valence-corrected chi connectivity index (χ3v) is 7.92. The first-order valence-electron chi connectivity index (χ1n) is 8.28. The van der Waals surface area contributed by atoms with E-state index in [-0.39, 0.29) is 50.9 Å². The van der Waals surface area contributed by atoms with Gasteiger partial charge in [-0.05, 0) is 17.7 Å². The Balaban J connectivity index is 1.90. The predicted molar refractivity (Wildman–Crippen MR) is 107 cm³/mol. The molecule has 0 atom stereocenters. The number of hydrogen-bond acceptors (Lipinski definition) is 6. The standard InChI is InChI=1S/C17H18ClN3O6S2/c1-21(2)29(25,26)15-6-4-3-5-11(15)9-19-28(23,24)16-8-14-13(7-12(16)18)20-17(22)10-27-14/h3-8,19H,9-10H2,1-2H3,(H,20,22). The molecule has 1 heterocycles. The van der Waals surface area contributed by atoms with Crippen LogP contribution in [0.5, 0.6) is 5.75 Å². The van der Waals surface area contributed by atoms with Crippen LogP contribution in [0.1, 0.15) is 5.56 Å². The average Bonchev–Trinajstić information content (AvgIpc) is 2.65. The molecular formula is C17H18ClN3O6S2. The highest BCUT2D eigenvalue weighted by Crippen LogP contribution is 2.35. The molecule has 0 radical (unpaired) electrons. The summed E-state index contributed by atoms with van der Waals surface area (Å²) in [5.74, 6) is -0.203. The summed E-state index contributed by atoms with van der Waals surface area (Å²) in [7, 11) is -5.07. The number of carbonyl (C=O) groups excluding carboxylic acids is 1. The molecular weight excluding hydrogens is 442 g/mol. The van der Waals surface area contributed by atoms with Crippen molar-refractivity contribution < 1.29 is 26.4 Å². The lowest BCUT2D eigenvalue weighted by molar-refractivity contribution is -0.118. The number of anilines is 1. The number of ether oxygens (including phenoxy) is 1. The predicted octanol–water partition coefficient (Wildman–Crippen LogP) is 1.40. The van der Waals surface area contributed by atoms with Crippen molar-refractivity contribution in [1.29, 1.82) is 0 Å². The number of hydrogen-bond donors (Lipinski definition) is 2. The molecule has 0 saturated heterocycles. The van der Waals surface area contributed by atoms with E-state index in [1.165, 1.54) is 38.4 Å². The quantitative estimate of drug-likeness (QED) is 0.673. The van der Waals surface area contributed by atoms with Crippen LogP contribution in [-0.2, 0) is 31.4 Å². The molecule has 0 spiro atoms. The lowest BCUT2D eigenvalue weighted by Crippen LogP contribution is -2.28. The fourth-order valence-corrected chi connectivity index (χ4v) is 5.30. The van der Waals surface area contributed by atoms with Crippen LogP contribution in [0.25, 0.3) is 0 Å². The van der Waals surface area contributed by atoms with Gasteiger partial charge in [0, 0.05) is 26.7 Å². The minimum Gasteiger partial charge on any atom is -0.482 e. The molecule has 0 fully saturated rings. The molecule has 156 valence electrons. The fraction of sp³-hybridized carbons (Fsp3) is 0.235. The number of sulfonamides is 2. The Kier molecular flexibility index (Phi) is 5.88. The first-order chi connectivity index (χ1) is 13.5. The minimum atomic E-state index is -4.10. The number of amides is 1. The van der Waals surface area contributed by atoms with Crippen LogP contribution in [0.15, 0.2) is 46.2 Å². The van der Waals surface area contributed by atoms with Crippen molar-refractivity contribution in [2.45, 2.75) is 16.3 Å². The van der Waals surface area contributed by atoms with Gasteiger partial charge in [-0.2, -0.15) is 0 Å². The first kappa shape index (κ1) is 21.5. The summed E-state index contributed by atoms with van der Waals surface area (Å²) in [5, 5.41) is 2.42. The SMILES string of the molecule is CN(C)S(=O)(=O)c1ccccc1CNS(=O)(=O)c1cc2c(cc1Cl)NC(=O)CO2.